The van der Waals surface area contributed by atoms with Crippen molar-refractivity contribution in [3.8, 4) is 0 Å². The highest BCUT2D eigenvalue weighted by Gasteiger charge is 2.25. The third-order valence-electron chi connectivity index (χ3n) is 7.57. The minimum Gasteiger partial charge on any atom is -0.395 e. The fourth-order valence-corrected chi connectivity index (χ4v) is 5.40. The molecule has 7 heteroatoms. The normalized spacial score (nSPS) is 17.1. The summed E-state index contributed by atoms with van der Waals surface area (Å²) >= 11 is 6.60. The van der Waals surface area contributed by atoms with Crippen molar-refractivity contribution in [2.24, 2.45) is 0 Å². The molecule has 2 aliphatic rings. The maximum atomic E-state index is 9.23. The average Bonchev–Trinajstić information content (AvgIpc) is 3.78. The fourth-order valence-electron chi connectivity index (χ4n) is 5.21. The number of nitrogens with one attached hydrogen (secondary N) is 1. The second-order valence-electron chi connectivity index (χ2n) is 10.3. The molecular weight excluding hydrogens is 494 g/mol. The quantitative estimate of drug-likeness (QED) is 0.341. The number of allylic oxidation sites excluding steroid dienone is 1. The molecule has 1 aromatic heterocycles. The molecule has 0 unspecified atom stereocenters. The van der Waals surface area contributed by atoms with Crippen LogP contribution in [-0.4, -0.2) is 64.2 Å². The lowest BCUT2D eigenvalue weighted by atomic mass is 10.0. The van der Waals surface area contributed by atoms with Gasteiger partial charge in [-0.05, 0) is 66.5 Å². The summed E-state index contributed by atoms with van der Waals surface area (Å²) in [5.74, 6) is 1.20. The first-order valence-electron chi connectivity index (χ1n) is 13.8. The van der Waals surface area contributed by atoms with Crippen LogP contribution in [0.3, 0.4) is 0 Å². The van der Waals surface area contributed by atoms with Crippen molar-refractivity contribution in [3.63, 3.8) is 0 Å². The van der Waals surface area contributed by atoms with E-state index in [-0.39, 0.29) is 6.61 Å². The van der Waals surface area contributed by atoms with Gasteiger partial charge >= 0.3 is 0 Å². The number of halogens is 1. The summed E-state index contributed by atoms with van der Waals surface area (Å²) < 4.78 is 0. The smallest absolute Gasteiger partial charge is 0.227 e. The molecule has 2 fully saturated rings. The van der Waals surface area contributed by atoms with E-state index in [1.807, 2.05) is 6.92 Å². The number of anilines is 2. The summed E-state index contributed by atoms with van der Waals surface area (Å²) in [5, 5.41) is 13.3. The number of β-amino-alcohol motifs (C(OH)–C–C–N with tert-alkyl or cyclic N) is 1. The van der Waals surface area contributed by atoms with E-state index in [4.69, 9.17) is 16.6 Å². The Bertz CT molecular complexity index is 1260. The zero-order valence-electron chi connectivity index (χ0n) is 22.5. The zero-order valence-corrected chi connectivity index (χ0v) is 23.2. The van der Waals surface area contributed by atoms with Gasteiger partial charge in [-0.3, -0.25) is 9.80 Å². The van der Waals surface area contributed by atoms with Gasteiger partial charge in [0.05, 0.1) is 23.5 Å². The van der Waals surface area contributed by atoms with Gasteiger partial charge in [-0.2, -0.15) is 0 Å². The third kappa shape index (κ3) is 6.62. The van der Waals surface area contributed by atoms with Crippen molar-refractivity contribution in [2.45, 2.75) is 45.6 Å². The number of benzene rings is 2. The van der Waals surface area contributed by atoms with Crippen molar-refractivity contribution in [1.29, 1.82) is 0 Å². The fraction of sp³-hybridized carbons (Fsp3) is 0.419. The van der Waals surface area contributed by atoms with Gasteiger partial charge in [0.1, 0.15) is 0 Å². The largest absolute Gasteiger partial charge is 0.395 e. The van der Waals surface area contributed by atoms with Gasteiger partial charge in [-0.15, -0.1) is 0 Å². The summed E-state index contributed by atoms with van der Waals surface area (Å²) in [5.41, 5.74) is 7.85. The van der Waals surface area contributed by atoms with Crippen molar-refractivity contribution < 1.29 is 5.11 Å². The summed E-state index contributed by atoms with van der Waals surface area (Å²) in [6, 6.07) is 15.4. The lowest BCUT2D eigenvalue weighted by Crippen LogP contribution is -2.46. The van der Waals surface area contributed by atoms with Crippen LogP contribution in [-0.2, 0) is 13.0 Å². The Morgan fingerprint density at radius 1 is 1.05 bits per heavy atom. The van der Waals surface area contributed by atoms with Crippen LogP contribution >= 0.6 is 11.6 Å². The predicted molar refractivity (Wildman–Crippen MR) is 156 cm³/mol. The summed E-state index contributed by atoms with van der Waals surface area (Å²) in [4.78, 5) is 14.2. The molecule has 3 aromatic rings. The first kappa shape index (κ1) is 26.8. The number of rotatable bonds is 10. The van der Waals surface area contributed by atoms with Crippen molar-refractivity contribution in [2.75, 3.05) is 44.6 Å². The number of aliphatic hydroxyl groups excluding tert-OH is 1. The summed E-state index contributed by atoms with van der Waals surface area (Å²) in [7, 11) is 0. The number of aryl methyl sites for hydroxylation is 1. The number of piperazine rings is 1. The van der Waals surface area contributed by atoms with Gasteiger partial charge in [0.25, 0.3) is 0 Å². The van der Waals surface area contributed by atoms with Crippen LogP contribution in [0.5, 0.6) is 0 Å². The Hall–Kier alpha value is -2.77. The lowest BCUT2D eigenvalue weighted by molar-refractivity contribution is 0.108. The van der Waals surface area contributed by atoms with Gasteiger partial charge in [-0.1, -0.05) is 54.9 Å². The Labute approximate surface area is 231 Å². The van der Waals surface area contributed by atoms with Crippen LogP contribution in [0.25, 0.3) is 5.57 Å². The molecule has 0 atom stereocenters. The molecule has 6 nitrogen and oxygen atoms in total. The molecule has 0 amide bonds. The van der Waals surface area contributed by atoms with E-state index in [0.29, 0.717) is 16.9 Å². The number of aliphatic hydroxyl groups is 1. The second-order valence-corrected chi connectivity index (χ2v) is 10.8. The van der Waals surface area contributed by atoms with E-state index < -0.39 is 0 Å². The monoisotopic (exact) mass is 531 g/mol. The highest BCUT2D eigenvalue weighted by Crippen LogP contribution is 2.41. The van der Waals surface area contributed by atoms with Crippen LogP contribution < -0.4 is 5.32 Å². The van der Waals surface area contributed by atoms with Crippen molar-refractivity contribution in [3.05, 3.63) is 87.7 Å². The molecule has 5 rings (SSSR count). The standard InChI is InChI=1S/C31H38ClN5O/c1-3-22-5-7-25(8-6-22)28(4-2)30-29(32)20-33-31(35-30)34-27-18-23(17-26(19-27)24-9-10-24)21-37-13-11-36(12-14-37)15-16-38/h4-8,17-20,24,38H,3,9-16,21H2,1-2H3,(H,33,34,35)/b28-4+. The molecule has 2 N–H and O–H groups in total. The molecule has 1 saturated heterocycles. The number of nitrogens with zero attached hydrogens (tertiary/aromatic N) is 4. The highest BCUT2D eigenvalue weighted by atomic mass is 35.5. The molecule has 1 aliphatic heterocycles. The molecular formula is C31H38ClN5O. The van der Waals surface area contributed by atoms with Crippen molar-refractivity contribution >= 4 is 28.8 Å². The Kier molecular flexibility index (Phi) is 8.75. The van der Waals surface area contributed by atoms with Crippen LogP contribution in [0.1, 0.15) is 60.6 Å². The zero-order chi connectivity index (χ0) is 26.5. The summed E-state index contributed by atoms with van der Waals surface area (Å²) in [6.45, 7) is 10.1. The lowest BCUT2D eigenvalue weighted by Gasteiger charge is -2.34. The topological polar surface area (TPSA) is 64.5 Å². The number of hydrogen-bond acceptors (Lipinski definition) is 6. The molecule has 1 aliphatic carbocycles. The molecule has 38 heavy (non-hydrogen) atoms. The van der Waals surface area contributed by atoms with Gasteiger partial charge in [0.2, 0.25) is 5.95 Å². The van der Waals surface area contributed by atoms with Gasteiger partial charge in [0, 0.05) is 50.5 Å². The minimum atomic E-state index is 0.230. The van der Waals surface area contributed by atoms with Crippen LogP contribution in [0.2, 0.25) is 5.02 Å². The van der Waals surface area contributed by atoms with Crippen LogP contribution in [0.4, 0.5) is 11.6 Å². The molecule has 2 aromatic carbocycles. The van der Waals surface area contributed by atoms with E-state index in [2.05, 4.69) is 75.6 Å². The highest BCUT2D eigenvalue weighted by molar-refractivity contribution is 6.32. The molecule has 1 saturated carbocycles. The predicted octanol–water partition coefficient (Wildman–Crippen LogP) is 5.87. The third-order valence-corrected chi connectivity index (χ3v) is 7.85. The maximum absolute atomic E-state index is 9.23. The molecule has 0 spiro atoms. The molecule has 2 heterocycles. The Balaban J connectivity index is 1.35. The van der Waals surface area contributed by atoms with E-state index in [1.54, 1.807) is 6.20 Å². The van der Waals surface area contributed by atoms with E-state index >= 15 is 0 Å². The SMILES string of the molecule is C/C=C(\c1ccc(CC)cc1)c1nc(Nc2cc(CN3CCN(CCO)CC3)cc(C3CC3)c2)ncc1Cl. The number of aromatic nitrogens is 2. The minimum absolute atomic E-state index is 0.230. The van der Waals surface area contributed by atoms with Gasteiger partial charge in [0.15, 0.2) is 0 Å². The molecule has 200 valence electrons. The first-order chi connectivity index (χ1) is 18.6. The van der Waals surface area contributed by atoms with Crippen LogP contribution in [0, 0.1) is 0 Å². The summed E-state index contributed by atoms with van der Waals surface area (Å²) in [6.07, 6.45) is 7.27. The van der Waals surface area contributed by atoms with Gasteiger partial charge < -0.3 is 10.4 Å². The first-order valence-corrected chi connectivity index (χ1v) is 14.2. The van der Waals surface area contributed by atoms with Gasteiger partial charge in [-0.25, -0.2) is 9.97 Å². The maximum Gasteiger partial charge on any atom is 0.227 e. The van der Waals surface area contributed by atoms with E-state index in [0.717, 1.165) is 68.2 Å². The molecule has 0 radical (unpaired) electrons. The van der Waals surface area contributed by atoms with E-state index in [1.165, 1.54) is 29.5 Å². The van der Waals surface area contributed by atoms with Crippen LogP contribution in [0.15, 0.2) is 54.7 Å². The van der Waals surface area contributed by atoms with E-state index in [9.17, 15) is 5.11 Å². The number of hydrogen-bond donors (Lipinski definition) is 2. The average molecular weight is 532 g/mol. The Morgan fingerprint density at radius 2 is 1.79 bits per heavy atom. The Morgan fingerprint density at radius 3 is 2.45 bits per heavy atom. The second kappa shape index (κ2) is 12.4. The molecule has 0 bridgehead atoms. The van der Waals surface area contributed by atoms with Crippen molar-refractivity contribution in [1.82, 2.24) is 19.8 Å².